The molecule has 0 spiro atoms. The van der Waals surface area contributed by atoms with Crippen molar-refractivity contribution in [2.75, 3.05) is 0 Å². The van der Waals surface area contributed by atoms with E-state index < -0.39 is 0 Å². The fraction of sp³-hybridized carbons (Fsp3) is 0.0370. The van der Waals surface area contributed by atoms with Crippen LogP contribution >= 0.6 is 0 Å². The highest BCUT2D eigenvalue weighted by Crippen LogP contribution is 2.43. The van der Waals surface area contributed by atoms with Gasteiger partial charge in [0.25, 0.3) is 0 Å². The predicted octanol–water partition coefficient (Wildman–Crippen LogP) is 12.1. The number of aromatic nitrogens is 6. The molecule has 0 saturated heterocycles. The zero-order valence-corrected chi connectivity index (χ0v) is 33.4. The summed E-state index contributed by atoms with van der Waals surface area (Å²) >= 11 is 0. The lowest BCUT2D eigenvalue weighted by molar-refractivity contribution is -0.683. The van der Waals surface area contributed by atoms with E-state index in [1.807, 2.05) is 91.0 Å². The molecule has 0 radical (unpaired) electrons. The number of benzene rings is 7. The lowest BCUT2D eigenvalue weighted by Crippen LogP contribution is -2.96. The molecule has 0 amide bonds. The molecule has 7 aromatic carbocycles. The predicted molar refractivity (Wildman–Crippen MR) is 245 cm³/mol. The van der Waals surface area contributed by atoms with Crippen molar-refractivity contribution < 1.29 is 9.32 Å². The van der Waals surface area contributed by atoms with Gasteiger partial charge < -0.3 is 4.42 Å². The minimum absolute atomic E-state index is 0.0366. The van der Waals surface area contributed by atoms with E-state index >= 15 is 0 Å². The van der Waals surface area contributed by atoms with Gasteiger partial charge >= 0.3 is 5.95 Å². The maximum atomic E-state index is 6.85. The van der Waals surface area contributed by atoms with Crippen molar-refractivity contribution in [2.45, 2.75) is 12.3 Å². The number of quaternary nitrogens is 1. The first-order valence-corrected chi connectivity index (χ1v) is 20.8. The van der Waals surface area contributed by atoms with Gasteiger partial charge in [-0.05, 0) is 41.8 Å². The lowest BCUT2D eigenvalue weighted by Gasteiger charge is -2.15. The van der Waals surface area contributed by atoms with E-state index in [-0.39, 0.29) is 5.92 Å². The SMILES string of the molecule is C1=CCC(c2nc(-c3ccccc3)nc(-c3cccc4oc5c(-c6nc(-c7ccccc7)nc([NH+]7c8ccccc8-c8ccc(-c9ccccc9)cc87)n6)cccc5c34)n2)C=C1. The minimum Gasteiger partial charge on any atom is -0.455 e. The van der Waals surface area contributed by atoms with Crippen LogP contribution in [0.1, 0.15) is 18.2 Å². The normalized spacial score (nSPS) is 15.2. The first-order valence-electron chi connectivity index (χ1n) is 20.8. The molecule has 292 valence electrons. The number of furan rings is 1. The first kappa shape index (κ1) is 35.7. The summed E-state index contributed by atoms with van der Waals surface area (Å²) in [7, 11) is 0. The molecule has 0 bridgehead atoms. The molecule has 3 aromatic heterocycles. The van der Waals surface area contributed by atoms with Crippen LogP contribution in [0.15, 0.2) is 199 Å². The van der Waals surface area contributed by atoms with E-state index in [4.69, 9.17) is 34.3 Å². The molecule has 0 fully saturated rings. The van der Waals surface area contributed by atoms with Gasteiger partial charge in [0.1, 0.15) is 17.0 Å². The van der Waals surface area contributed by atoms with Crippen LogP contribution in [0.4, 0.5) is 17.3 Å². The quantitative estimate of drug-likeness (QED) is 0.172. The molecule has 8 nitrogen and oxygen atoms in total. The highest BCUT2D eigenvalue weighted by Gasteiger charge is 2.37. The molecule has 8 heteroatoms. The minimum atomic E-state index is 0.0366. The van der Waals surface area contributed by atoms with Gasteiger partial charge in [-0.1, -0.05) is 158 Å². The monoisotopic (exact) mass is 798 g/mol. The van der Waals surface area contributed by atoms with E-state index in [9.17, 15) is 0 Å². The van der Waals surface area contributed by atoms with Crippen molar-refractivity contribution in [3.05, 3.63) is 200 Å². The molecule has 1 aliphatic heterocycles. The van der Waals surface area contributed by atoms with Gasteiger partial charge in [-0.25, -0.2) is 24.8 Å². The van der Waals surface area contributed by atoms with Crippen LogP contribution in [-0.2, 0) is 0 Å². The number of hydrogen-bond acceptors (Lipinski definition) is 7. The smallest absolute Gasteiger partial charge is 0.341 e. The number of nitrogens with one attached hydrogen (secondary N) is 1. The number of para-hydroxylation sites is 2. The van der Waals surface area contributed by atoms with E-state index in [0.717, 1.165) is 83.8 Å². The number of hydrogen-bond donors (Lipinski definition) is 1. The van der Waals surface area contributed by atoms with Crippen LogP contribution < -0.4 is 4.90 Å². The Morgan fingerprint density at radius 2 is 1.06 bits per heavy atom. The van der Waals surface area contributed by atoms with Gasteiger partial charge in [-0.2, -0.15) is 9.97 Å². The highest BCUT2D eigenvalue weighted by molar-refractivity contribution is 6.14. The summed E-state index contributed by atoms with van der Waals surface area (Å²) in [6.45, 7) is 0. The van der Waals surface area contributed by atoms with Gasteiger partial charge in [0.15, 0.2) is 34.7 Å². The maximum absolute atomic E-state index is 6.85. The van der Waals surface area contributed by atoms with Gasteiger partial charge in [-0.3, -0.25) is 0 Å². The zero-order chi connectivity index (χ0) is 41.0. The van der Waals surface area contributed by atoms with Crippen LogP contribution in [0.5, 0.6) is 0 Å². The third kappa shape index (κ3) is 6.12. The molecular weight excluding hydrogens is 763 g/mol. The Morgan fingerprint density at radius 3 is 1.82 bits per heavy atom. The summed E-state index contributed by atoms with van der Waals surface area (Å²) in [6, 6.07) is 58.1. The molecule has 1 aliphatic carbocycles. The van der Waals surface area contributed by atoms with Crippen LogP contribution in [0.25, 0.3) is 89.7 Å². The Morgan fingerprint density at radius 1 is 0.452 bits per heavy atom. The van der Waals surface area contributed by atoms with Crippen LogP contribution in [0, 0.1) is 0 Å². The zero-order valence-electron chi connectivity index (χ0n) is 33.4. The van der Waals surface area contributed by atoms with E-state index in [1.54, 1.807) is 0 Å². The van der Waals surface area contributed by atoms with Crippen molar-refractivity contribution in [3.63, 3.8) is 0 Å². The van der Waals surface area contributed by atoms with E-state index in [0.29, 0.717) is 40.4 Å². The van der Waals surface area contributed by atoms with Crippen LogP contribution in [-0.4, -0.2) is 29.9 Å². The molecule has 0 saturated carbocycles. The molecular formula is C54H36N7O+. The Kier molecular flexibility index (Phi) is 8.53. The Hall–Kier alpha value is -8.20. The highest BCUT2D eigenvalue weighted by atomic mass is 16.3. The van der Waals surface area contributed by atoms with Crippen LogP contribution in [0.2, 0.25) is 0 Å². The fourth-order valence-electron chi connectivity index (χ4n) is 8.82. The average Bonchev–Trinajstić information content (AvgIpc) is 3.91. The Labute approximate surface area is 357 Å². The standard InChI is InChI=1S/C54H35N7O/c1-5-17-34(18-6-1)38-31-32-40-39-25-13-14-29-44(39)61(45(40)33-38)54-59-51(37-23-11-4-12-24-37)58-53(60-54)43-28-15-26-41-47-42(27-16-30-46(47)62-48(41)43)52-56-49(35-19-7-2-8-20-35)55-50(57-52)36-21-9-3-10-22-36/h1-21,23-33,36H,22H2/p+1. The molecule has 2 aliphatic rings. The van der Waals surface area contributed by atoms with E-state index in [1.165, 1.54) is 0 Å². The van der Waals surface area contributed by atoms with Gasteiger partial charge in [-0.15, -0.1) is 0 Å². The molecule has 10 aromatic rings. The maximum Gasteiger partial charge on any atom is 0.341 e. The number of nitrogens with zero attached hydrogens (tertiary/aromatic N) is 6. The molecule has 2 unspecified atom stereocenters. The summed E-state index contributed by atoms with van der Waals surface area (Å²) in [4.78, 5) is 32.0. The summed E-state index contributed by atoms with van der Waals surface area (Å²) in [6.07, 6.45) is 9.26. The third-order valence-electron chi connectivity index (χ3n) is 11.8. The van der Waals surface area contributed by atoms with Gasteiger partial charge in [0, 0.05) is 56.6 Å². The molecule has 1 N–H and O–H groups in total. The Bertz CT molecular complexity index is 3400. The fourth-order valence-corrected chi connectivity index (χ4v) is 8.82. The second-order valence-corrected chi connectivity index (χ2v) is 15.5. The summed E-state index contributed by atoms with van der Waals surface area (Å²) in [5.41, 5.74) is 11.6. The van der Waals surface area contributed by atoms with Crippen molar-refractivity contribution in [1.29, 1.82) is 0 Å². The summed E-state index contributed by atoms with van der Waals surface area (Å²) in [5.74, 6) is 3.68. The second-order valence-electron chi connectivity index (χ2n) is 15.5. The van der Waals surface area contributed by atoms with Crippen molar-refractivity contribution in [3.8, 4) is 67.8 Å². The van der Waals surface area contributed by atoms with Crippen molar-refractivity contribution in [2.24, 2.45) is 0 Å². The number of allylic oxidation sites excluding steroid dienone is 4. The Balaban J connectivity index is 1.05. The lowest BCUT2D eigenvalue weighted by atomic mass is 9.99. The second kappa shape index (κ2) is 14.8. The summed E-state index contributed by atoms with van der Waals surface area (Å²) < 4.78 is 6.85. The van der Waals surface area contributed by atoms with Crippen molar-refractivity contribution >= 4 is 39.3 Å². The average molecular weight is 799 g/mol. The van der Waals surface area contributed by atoms with Crippen molar-refractivity contribution in [1.82, 2.24) is 29.9 Å². The molecule has 62 heavy (non-hydrogen) atoms. The van der Waals surface area contributed by atoms with Gasteiger partial charge in [0.2, 0.25) is 0 Å². The third-order valence-corrected chi connectivity index (χ3v) is 11.8. The topological polar surface area (TPSA) is 94.9 Å². The largest absolute Gasteiger partial charge is 0.455 e. The van der Waals surface area contributed by atoms with Crippen LogP contribution in [0.3, 0.4) is 0 Å². The summed E-state index contributed by atoms with van der Waals surface area (Å²) in [5, 5.41) is 1.83. The molecule has 12 rings (SSSR count). The molecule has 2 atom stereocenters. The number of fused-ring (bicyclic) bond motifs is 6. The van der Waals surface area contributed by atoms with Gasteiger partial charge in [0.05, 0.1) is 5.56 Å². The molecule has 4 heterocycles. The van der Waals surface area contributed by atoms with E-state index in [2.05, 4.69) is 103 Å². The number of rotatable bonds is 7. The first-order chi connectivity index (χ1) is 30.7.